The summed E-state index contributed by atoms with van der Waals surface area (Å²) in [5, 5.41) is 3.16. The van der Waals surface area contributed by atoms with Crippen molar-refractivity contribution in [2.75, 3.05) is 13.1 Å². The van der Waals surface area contributed by atoms with Crippen LogP contribution in [0.2, 0.25) is 0 Å². The molecule has 1 unspecified atom stereocenters. The van der Waals surface area contributed by atoms with E-state index in [9.17, 15) is 4.79 Å². The van der Waals surface area contributed by atoms with E-state index < -0.39 is 0 Å². The van der Waals surface area contributed by atoms with Crippen LogP contribution < -0.4 is 5.32 Å². The van der Waals surface area contributed by atoms with Crippen molar-refractivity contribution >= 4 is 5.91 Å². The smallest absolute Gasteiger partial charge is 0.220 e. The van der Waals surface area contributed by atoms with Crippen molar-refractivity contribution < 1.29 is 4.79 Å². The molecule has 138 valence electrons. The number of fused-ring (bicyclic) bond motifs is 1. The fraction of sp³-hybridized carbons (Fsp3) is 0.435. The molecule has 0 bridgehead atoms. The first-order valence-electron chi connectivity index (χ1n) is 9.87. The van der Waals surface area contributed by atoms with E-state index in [1.807, 2.05) is 6.07 Å². The fourth-order valence-electron chi connectivity index (χ4n) is 3.78. The Bertz CT molecular complexity index is 698. The van der Waals surface area contributed by atoms with Gasteiger partial charge in [-0.1, -0.05) is 61.5 Å². The molecule has 0 aliphatic carbocycles. The minimum Gasteiger partial charge on any atom is -0.355 e. The molecule has 26 heavy (non-hydrogen) atoms. The summed E-state index contributed by atoms with van der Waals surface area (Å²) in [6.07, 6.45) is 4.65. The van der Waals surface area contributed by atoms with Crippen LogP contribution in [0.3, 0.4) is 0 Å². The van der Waals surface area contributed by atoms with E-state index in [4.69, 9.17) is 0 Å². The zero-order chi connectivity index (χ0) is 18.2. The molecule has 0 saturated carbocycles. The van der Waals surface area contributed by atoms with Gasteiger partial charge >= 0.3 is 0 Å². The highest BCUT2D eigenvalue weighted by Crippen LogP contribution is 2.21. The second-order valence-electron chi connectivity index (χ2n) is 7.19. The zero-order valence-corrected chi connectivity index (χ0v) is 15.8. The van der Waals surface area contributed by atoms with E-state index >= 15 is 0 Å². The summed E-state index contributed by atoms with van der Waals surface area (Å²) in [4.78, 5) is 14.7. The number of rotatable bonds is 8. The molecule has 0 spiro atoms. The zero-order valence-electron chi connectivity index (χ0n) is 15.8. The molecule has 0 aromatic heterocycles. The van der Waals surface area contributed by atoms with Gasteiger partial charge in [0.25, 0.3) is 0 Å². The van der Waals surface area contributed by atoms with Crippen LogP contribution in [-0.4, -0.2) is 29.9 Å². The van der Waals surface area contributed by atoms with Crippen LogP contribution >= 0.6 is 0 Å². The highest BCUT2D eigenvalue weighted by Gasteiger charge is 2.22. The Morgan fingerprint density at radius 2 is 1.81 bits per heavy atom. The monoisotopic (exact) mass is 350 g/mol. The Morgan fingerprint density at radius 1 is 1.08 bits per heavy atom. The van der Waals surface area contributed by atoms with Crippen molar-refractivity contribution in [3.63, 3.8) is 0 Å². The Labute approximate surface area is 157 Å². The standard InChI is InChI=1S/C23H30N2O/c1-2-22(25-16-15-20-12-6-7-13-21(20)18-25)17-24-23(26)14-8-11-19-9-4-3-5-10-19/h3-7,9-10,12-13,22H,2,8,11,14-18H2,1H3,(H,24,26). The van der Waals surface area contributed by atoms with Crippen LogP contribution in [-0.2, 0) is 24.2 Å². The van der Waals surface area contributed by atoms with E-state index in [0.29, 0.717) is 12.5 Å². The van der Waals surface area contributed by atoms with Crippen molar-refractivity contribution in [1.82, 2.24) is 10.2 Å². The van der Waals surface area contributed by atoms with E-state index in [1.165, 1.54) is 16.7 Å². The lowest BCUT2D eigenvalue weighted by Gasteiger charge is -2.35. The molecule has 1 atom stereocenters. The van der Waals surface area contributed by atoms with Crippen molar-refractivity contribution in [2.45, 2.75) is 51.6 Å². The lowest BCUT2D eigenvalue weighted by atomic mass is 9.98. The van der Waals surface area contributed by atoms with Crippen LogP contribution in [0.15, 0.2) is 54.6 Å². The summed E-state index contributed by atoms with van der Waals surface area (Å²) in [6.45, 7) is 5.05. The van der Waals surface area contributed by atoms with Gasteiger partial charge in [0.2, 0.25) is 5.91 Å². The van der Waals surface area contributed by atoms with Gasteiger partial charge in [0.05, 0.1) is 0 Å². The first-order valence-corrected chi connectivity index (χ1v) is 9.87. The maximum atomic E-state index is 12.2. The SMILES string of the molecule is CCC(CNC(=O)CCCc1ccccc1)N1CCc2ccccc2C1. The van der Waals surface area contributed by atoms with Crippen LogP contribution in [0, 0.1) is 0 Å². The van der Waals surface area contributed by atoms with E-state index in [2.05, 4.69) is 65.7 Å². The third-order valence-electron chi connectivity index (χ3n) is 5.39. The molecule has 0 radical (unpaired) electrons. The summed E-state index contributed by atoms with van der Waals surface area (Å²) >= 11 is 0. The minimum atomic E-state index is 0.178. The number of hydrogen-bond donors (Lipinski definition) is 1. The van der Waals surface area contributed by atoms with Gasteiger partial charge in [-0.3, -0.25) is 9.69 Å². The summed E-state index contributed by atoms with van der Waals surface area (Å²) in [5.41, 5.74) is 4.22. The van der Waals surface area contributed by atoms with Gasteiger partial charge in [0.15, 0.2) is 0 Å². The number of carbonyl (C=O) groups is 1. The molecule has 1 aliphatic heterocycles. The lowest BCUT2D eigenvalue weighted by Crippen LogP contribution is -2.45. The third kappa shape index (κ3) is 5.18. The number of carbonyl (C=O) groups excluding carboxylic acids is 1. The van der Waals surface area contributed by atoms with Crippen molar-refractivity contribution in [3.8, 4) is 0 Å². The van der Waals surface area contributed by atoms with Crippen LogP contribution in [0.5, 0.6) is 0 Å². The van der Waals surface area contributed by atoms with Crippen LogP contribution in [0.25, 0.3) is 0 Å². The Balaban J connectivity index is 1.42. The average molecular weight is 351 g/mol. The van der Waals surface area contributed by atoms with Crippen molar-refractivity contribution in [1.29, 1.82) is 0 Å². The number of nitrogens with zero attached hydrogens (tertiary/aromatic N) is 1. The van der Waals surface area contributed by atoms with Gasteiger partial charge in [0, 0.05) is 32.1 Å². The first-order chi connectivity index (χ1) is 12.8. The molecule has 3 nitrogen and oxygen atoms in total. The predicted octanol–water partition coefficient (Wildman–Crippen LogP) is 3.96. The van der Waals surface area contributed by atoms with Gasteiger partial charge in [-0.05, 0) is 42.4 Å². The van der Waals surface area contributed by atoms with Crippen molar-refractivity contribution in [3.05, 3.63) is 71.3 Å². The normalized spacial score (nSPS) is 15.3. The predicted molar refractivity (Wildman–Crippen MR) is 107 cm³/mol. The first kappa shape index (κ1) is 18.7. The van der Waals surface area contributed by atoms with Gasteiger partial charge < -0.3 is 5.32 Å². The molecule has 0 fully saturated rings. The van der Waals surface area contributed by atoms with E-state index in [1.54, 1.807) is 0 Å². The highest BCUT2D eigenvalue weighted by atomic mass is 16.1. The van der Waals surface area contributed by atoms with Gasteiger partial charge in [-0.2, -0.15) is 0 Å². The van der Waals surface area contributed by atoms with Gasteiger partial charge in [-0.25, -0.2) is 0 Å². The number of aryl methyl sites for hydroxylation is 1. The number of nitrogens with one attached hydrogen (secondary N) is 1. The average Bonchev–Trinajstić information content (AvgIpc) is 2.69. The molecular formula is C23H30N2O. The van der Waals surface area contributed by atoms with Crippen molar-refractivity contribution in [2.24, 2.45) is 0 Å². The van der Waals surface area contributed by atoms with Gasteiger partial charge in [0.1, 0.15) is 0 Å². The van der Waals surface area contributed by atoms with Gasteiger partial charge in [-0.15, -0.1) is 0 Å². The highest BCUT2D eigenvalue weighted by molar-refractivity contribution is 5.75. The maximum absolute atomic E-state index is 12.2. The summed E-state index contributed by atoms with van der Waals surface area (Å²) in [6, 6.07) is 19.5. The molecule has 3 rings (SSSR count). The fourth-order valence-corrected chi connectivity index (χ4v) is 3.78. The summed E-state index contributed by atoms with van der Waals surface area (Å²) in [5.74, 6) is 0.178. The van der Waals surface area contributed by atoms with Crippen LogP contribution in [0.4, 0.5) is 0 Å². The van der Waals surface area contributed by atoms with Crippen LogP contribution in [0.1, 0.15) is 42.9 Å². The molecule has 2 aromatic rings. The lowest BCUT2D eigenvalue weighted by molar-refractivity contribution is -0.121. The molecule has 0 saturated heterocycles. The molecule has 1 heterocycles. The number of hydrogen-bond acceptors (Lipinski definition) is 2. The second kappa shape index (κ2) is 9.54. The maximum Gasteiger partial charge on any atom is 0.220 e. The third-order valence-corrected chi connectivity index (χ3v) is 5.39. The minimum absolute atomic E-state index is 0.178. The molecular weight excluding hydrogens is 320 g/mol. The molecule has 1 amide bonds. The quantitative estimate of drug-likeness (QED) is 0.781. The molecule has 1 N–H and O–H groups in total. The molecule has 1 aliphatic rings. The van der Waals surface area contributed by atoms with E-state index in [-0.39, 0.29) is 5.91 Å². The summed E-state index contributed by atoms with van der Waals surface area (Å²) < 4.78 is 0. The summed E-state index contributed by atoms with van der Waals surface area (Å²) in [7, 11) is 0. The Kier molecular flexibility index (Phi) is 6.84. The second-order valence-corrected chi connectivity index (χ2v) is 7.19. The van der Waals surface area contributed by atoms with E-state index in [0.717, 1.165) is 45.3 Å². The molecule has 2 aromatic carbocycles. The largest absolute Gasteiger partial charge is 0.355 e. The Morgan fingerprint density at radius 3 is 2.58 bits per heavy atom. The number of amides is 1. The topological polar surface area (TPSA) is 32.3 Å². The number of benzene rings is 2. The molecule has 3 heteroatoms. The Hall–Kier alpha value is -2.13.